The van der Waals surface area contributed by atoms with Gasteiger partial charge in [-0.2, -0.15) is 0 Å². The van der Waals surface area contributed by atoms with Crippen molar-refractivity contribution in [2.75, 3.05) is 11.9 Å². The van der Waals surface area contributed by atoms with Crippen molar-refractivity contribution >= 4 is 17.7 Å². The number of para-hydroxylation sites is 1. The van der Waals surface area contributed by atoms with Gasteiger partial charge < -0.3 is 11.1 Å². The molecule has 2 amide bonds. The van der Waals surface area contributed by atoms with E-state index in [0.717, 1.165) is 29.2 Å². The number of hydrogen-bond acceptors (Lipinski definition) is 2. The van der Waals surface area contributed by atoms with Crippen molar-refractivity contribution in [1.29, 1.82) is 0 Å². The van der Waals surface area contributed by atoms with Crippen LogP contribution in [0.5, 0.6) is 0 Å². The summed E-state index contributed by atoms with van der Waals surface area (Å²) in [5, 5.41) is 5.36. The van der Waals surface area contributed by atoms with Crippen molar-refractivity contribution in [2.45, 2.75) is 33.1 Å². The van der Waals surface area contributed by atoms with Crippen molar-refractivity contribution in [3.8, 4) is 0 Å². The second-order valence-electron chi connectivity index (χ2n) is 5.34. The van der Waals surface area contributed by atoms with Gasteiger partial charge in [-0.3, -0.25) is 10.3 Å². The molecule has 20 heavy (non-hydrogen) atoms. The van der Waals surface area contributed by atoms with Crippen molar-refractivity contribution < 1.29 is 4.79 Å². The summed E-state index contributed by atoms with van der Waals surface area (Å²) in [5.74, 6) is 0.990. The van der Waals surface area contributed by atoms with Crippen LogP contribution in [-0.2, 0) is 0 Å². The van der Waals surface area contributed by atoms with Crippen LogP contribution in [0.2, 0.25) is 0 Å². The van der Waals surface area contributed by atoms with Gasteiger partial charge in [0.2, 0.25) is 0 Å². The molecule has 0 spiro atoms. The van der Waals surface area contributed by atoms with Crippen LogP contribution in [0.1, 0.15) is 30.4 Å². The lowest BCUT2D eigenvalue weighted by Crippen LogP contribution is -2.40. The lowest BCUT2D eigenvalue weighted by atomic mass is 10.1. The maximum absolute atomic E-state index is 11.9. The van der Waals surface area contributed by atoms with E-state index in [0.29, 0.717) is 6.54 Å². The van der Waals surface area contributed by atoms with Crippen LogP contribution < -0.4 is 16.4 Å². The molecule has 2 rings (SSSR count). The van der Waals surface area contributed by atoms with Crippen LogP contribution in [-0.4, -0.2) is 18.5 Å². The normalized spacial score (nSPS) is 15.0. The van der Waals surface area contributed by atoms with Gasteiger partial charge in [0.1, 0.15) is 0 Å². The Morgan fingerprint density at radius 1 is 1.35 bits per heavy atom. The summed E-state index contributed by atoms with van der Waals surface area (Å²) in [6.45, 7) is 4.59. The van der Waals surface area contributed by atoms with Gasteiger partial charge in [-0.25, -0.2) is 4.79 Å². The number of urea groups is 1. The fourth-order valence-electron chi connectivity index (χ4n) is 2.09. The molecule has 0 aliphatic heterocycles. The molecule has 1 fully saturated rings. The Labute approximate surface area is 119 Å². The summed E-state index contributed by atoms with van der Waals surface area (Å²) < 4.78 is 0. The maximum atomic E-state index is 11.9. The van der Waals surface area contributed by atoms with Crippen LogP contribution >= 0.6 is 0 Å². The molecule has 1 saturated carbocycles. The first-order valence-corrected chi connectivity index (χ1v) is 7.00. The standard InChI is InChI=1S/C15H22N4O/c1-10-4-3-5-11(2)13(10)18-15(20)19-14(16)17-9-8-12-6-7-12/h3-5,12H,6-9H2,1-2H3,(H4,16,17,18,19,20). The van der Waals surface area contributed by atoms with Gasteiger partial charge in [0, 0.05) is 12.2 Å². The van der Waals surface area contributed by atoms with E-state index in [1.807, 2.05) is 32.0 Å². The van der Waals surface area contributed by atoms with Crippen LogP contribution in [0, 0.1) is 19.8 Å². The molecule has 5 heteroatoms. The first-order valence-electron chi connectivity index (χ1n) is 7.00. The smallest absolute Gasteiger partial charge is 0.326 e. The topological polar surface area (TPSA) is 79.5 Å². The van der Waals surface area contributed by atoms with Gasteiger partial charge >= 0.3 is 6.03 Å². The number of nitrogens with one attached hydrogen (secondary N) is 2. The number of aliphatic imine (C=N–C) groups is 1. The quantitative estimate of drug-likeness (QED) is 0.582. The molecule has 5 nitrogen and oxygen atoms in total. The Morgan fingerprint density at radius 2 is 2.00 bits per heavy atom. The number of carbonyl (C=O) groups excluding carboxylic acids is 1. The fraction of sp³-hybridized carbons (Fsp3) is 0.467. The predicted octanol–water partition coefficient (Wildman–Crippen LogP) is 2.54. The van der Waals surface area contributed by atoms with Crippen molar-refractivity contribution in [3.05, 3.63) is 29.3 Å². The lowest BCUT2D eigenvalue weighted by molar-refractivity contribution is 0.256. The third-order valence-corrected chi connectivity index (χ3v) is 3.48. The van der Waals surface area contributed by atoms with Crippen LogP contribution in [0.3, 0.4) is 0 Å². The van der Waals surface area contributed by atoms with E-state index in [-0.39, 0.29) is 12.0 Å². The Kier molecular flexibility index (Phi) is 4.61. The average molecular weight is 274 g/mol. The molecular formula is C15H22N4O. The number of rotatable bonds is 4. The van der Waals surface area contributed by atoms with Gasteiger partial charge in [-0.1, -0.05) is 31.0 Å². The molecule has 1 aliphatic carbocycles. The SMILES string of the molecule is Cc1cccc(C)c1NC(=O)NC(N)=NCCC1CC1. The molecule has 0 heterocycles. The van der Waals surface area contributed by atoms with Gasteiger partial charge in [0.05, 0.1) is 0 Å². The van der Waals surface area contributed by atoms with E-state index in [1.54, 1.807) is 0 Å². The minimum atomic E-state index is -0.352. The summed E-state index contributed by atoms with van der Waals surface area (Å²) in [5.41, 5.74) is 8.54. The molecule has 0 atom stereocenters. The zero-order valence-corrected chi connectivity index (χ0v) is 12.1. The minimum absolute atomic E-state index is 0.175. The molecule has 1 aromatic rings. The number of benzene rings is 1. The minimum Gasteiger partial charge on any atom is -0.370 e. The van der Waals surface area contributed by atoms with E-state index >= 15 is 0 Å². The van der Waals surface area contributed by atoms with Gasteiger partial charge in [-0.05, 0) is 37.3 Å². The number of amides is 2. The highest BCUT2D eigenvalue weighted by Crippen LogP contribution is 2.32. The summed E-state index contributed by atoms with van der Waals surface area (Å²) in [7, 11) is 0. The number of nitrogens with zero attached hydrogens (tertiary/aromatic N) is 1. The second kappa shape index (κ2) is 6.41. The molecule has 0 saturated heterocycles. The number of carbonyl (C=O) groups is 1. The largest absolute Gasteiger partial charge is 0.370 e. The molecule has 0 radical (unpaired) electrons. The molecule has 1 aromatic carbocycles. The van der Waals surface area contributed by atoms with Crippen LogP contribution in [0.25, 0.3) is 0 Å². The number of anilines is 1. The Hall–Kier alpha value is -2.04. The van der Waals surface area contributed by atoms with Crippen LogP contribution in [0.4, 0.5) is 10.5 Å². The van der Waals surface area contributed by atoms with Crippen molar-refractivity contribution in [3.63, 3.8) is 0 Å². The summed E-state index contributed by atoms with van der Waals surface area (Å²) in [6, 6.07) is 5.52. The van der Waals surface area contributed by atoms with Crippen molar-refractivity contribution in [1.82, 2.24) is 5.32 Å². The number of aryl methyl sites for hydroxylation is 2. The van der Waals surface area contributed by atoms with E-state index in [9.17, 15) is 4.79 Å². The molecule has 108 valence electrons. The average Bonchev–Trinajstić information content (AvgIpc) is 3.18. The zero-order chi connectivity index (χ0) is 14.5. The van der Waals surface area contributed by atoms with E-state index in [4.69, 9.17) is 5.73 Å². The Balaban J connectivity index is 1.84. The Morgan fingerprint density at radius 3 is 2.60 bits per heavy atom. The molecule has 1 aliphatic rings. The number of nitrogens with two attached hydrogens (primary N) is 1. The fourth-order valence-corrected chi connectivity index (χ4v) is 2.09. The van der Waals surface area contributed by atoms with Gasteiger partial charge in [-0.15, -0.1) is 0 Å². The predicted molar refractivity (Wildman–Crippen MR) is 81.9 cm³/mol. The number of guanidine groups is 1. The van der Waals surface area contributed by atoms with Crippen LogP contribution in [0.15, 0.2) is 23.2 Å². The summed E-state index contributed by atoms with van der Waals surface area (Å²) in [4.78, 5) is 16.0. The van der Waals surface area contributed by atoms with Gasteiger partial charge in [0.15, 0.2) is 5.96 Å². The highest BCUT2D eigenvalue weighted by atomic mass is 16.2. The highest BCUT2D eigenvalue weighted by molar-refractivity contribution is 6.02. The third-order valence-electron chi connectivity index (χ3n) is 3.48. The molecule has 4 N–H and O–H groups in total. The summed E-state index contributed by atoms with van der Waals surface area (Å²) in [6.07, 6.45) is 3.66. The van der Waals surface area contributed by atoms with E-state index in [2.05, 4.69) is 15.6 Å². The van der Waals surface area contributed by atoms with E-state index in [1.165, 1.54) is 12.8 Å². The van der Waals surface area contributed by atoms with E-state index < -0.39 is 0 Å². The Bertz CT molecular complexity index is 500. The lowest BCUT2D eigenvalue weighted by Gasteiger charge is -2.12. The molecule has 0 unspecified atom stereocenters. The molecular weight excluding hydrogens is 252 g/mol. The van der Waals surface area contributed by atoms with Crippen molar-refractivity contribution in [2.24, 2.45) is 16.6 Å². The first-order chi connectivity index (χ1) is 9.56. The molecule has 0 aromatic heterocycles. The second-order valence-corrected chi connectivity index (χ2v) is 5.34. The highest BCUT2D eigenvalue weighted by Gasteiger charge is 2.20. The summed E-state index contributed by atoms with van der Waals surface area (Å²) >= 11 is 0. The monoisotopic (exact) mass is 274 g/mol. The molecule has 0 bridgehead atoms. The maximum Gasteiger partial charge on any atom is 0.326 e. The first kappa shape index (κ1) is 14.4. The van der Waals surface area contributed by atoms with Gasteiger partial charge in [0.25, 0.3) is 0 Å². The number of hydrogen-bond donors (Lipinski definition) is 3. The zero-order valence-electron chi connectivity index (χ0n) is 12.1. The third kappa shape index (κ3) is 4.26.